The molecule has 1 atom stereocenters. The molecule has 0 bridgehead atoms. The minimum absolute atomic E-state index is 0.490. The van der Waals surface area contributed by atoms with Gasteiger partial charge in [0, 0.05) is 5.56 Å². The van der Waals surface area contributed by atoms with Crippen LogP contribution in [-0.4, -0.2) is 0 Å². The maximum Gasteiger partial charge on any atom is 0.166 e. The summed E-state index contributed by atoms with van der Waals surface area (Å²) in [6.07, 6.45) is 18.8. The zero-order chi connectivity index (χ0) is 19.9. The van der Waals surface area contributed by atoms with Crippen LogP contribution in [0.2, 0.25) is 0 Å². The Labute approximate surface area is 170 Å². The van der Waals surface area contributed by atoms with Gasteiger partial charge >= 0.3 is 0 Å². The summed E-state index contributed by atoms with van der Waals surface area (Å²) in [5, 5.41) is 0. The highest BCUT2D eigenvalue weighted by Gasteiger charge is 2.28. The Bertz CT molecular complexity index is 693. The smallest absolute Gasteiger partial charge is 0.166 e. The van der Waals surface area contributed by atoms with Gasteiger partial charge in [-0.1, -0.05) is 50.6 Å². The summed E-state index contributed by atoms with van der Waals surface area (Å²) in [6, 6.07) is 3.60. The van der Waals surface area contributed by atoms with E-state index in [4.69, 9.17) is 0 Å². The van der Waals surface area contributed by atoms with E-state index in [9.17, 15) is 8.78 Å². The summed E-state index contributed by atoms with van der Waals surface area (Å²) in [5.74, 6) is 1.03. The van der Waals surface area contributed by atoms with Gasteiger partial charge in [-0.15, -0.1) is 0 Å². The topological polar surface area (TPSA) is 0 Å². The van der Waals surface area contributed by atoms with Crippen molar-refractivity contribution in [1.29, 1.82) is 0 Å². The maximum absolute atomic E-state index is 14.6. The highest BCUT2D eigenvalue weighted by atomic mass is 19.2. The third-order valence-electron chi connectivity index (χ3n) is 6.89. The molecule has 0 radical (unpaired) electrons. The van der Waals surface area contributed by atoms with Crippen molar-refractivity contribution in [2.75, 3.05) is 0 Å². The Morgan fingerprint density at radius 2 is 1.75 bits per heavy atom. The standard InChI is InChI=1S/C26H36F2/c1-3-5-7-19-9-11-20(12-10-19)21-13-15-22(16-14-21)24-18-17-23(8-6-4-2)25(27)26(24)28/h5,7,15,17-21H,3-4,6,8-14,16H2,1-2H3. The van der Waals surface area contributed by atoms with E-state index in [0.717, 1.165) is 61.9 Å². The first-order valence-corrected chi connectivity index (χ1v) is 11.5. The normalized spacial score (nSPS) is 25.9. The molecule has 0 spiro atoms. The lowest BCUT2D eigenvalue weighted by Gasteiger charge is -2.35. The van der Waals surface area contributed by atoms with E-state index in [-0.39, 0.29) is 0 Å². The Morgan fingerprint density at radius 1 is 0.964 bits per heavy atom. The first-order valence-electron chi connectivity index (χ1n) is 11.5. The molecule has 2 heteroatoms. The van der Waals surface area contributed by atoms with Crippen molar-refractivity contribution in [1.82, 2.24) is 0 Å². The summed E-state index contributed by atoms with van der Waals surface area (Å²) < 4.78 is 29.1. The van der Waals surface area contributed by atoms with Gasteiger partial charge in [-0.25, -0.2) is 8.78 Å². The number of hydrogen-bond donors (Lipinski definition) is 0. The maximum atomic E-state index is 14.6. The van der Waals surface area contributed by atoms with E-state index in [1.54, 1.807) is 12.1 Å². The van der Waals surface area contributed by atoms with Crippen molar-refractivity contribution >= 4 is 5.57 Å². The van der Waals surface area contributed by atoms with E-state index in [1.807, 2.05) is 0 Å². The van der Waals surface area contributed by atoms with Crippen LogP contribution in [0.3, 0.4) is 0 Å². The molecule has 0 saturated heterocycles. The van der Waals surface area contributed by atoms with E-state index >= 15 is 0 Å². The zero-order valence-corrected chi connectivity index (χ0v) is 17.7. The van der Waals surface area contributed by atoms with Crippen LogP contribution >= 0.6 is 0 Å². The van der Waals surface area contributed by atoms with Crippen molar-refractivity contribution in [2.24, 2.45) is 17.8 Å². The molecule has 1 fully saturated rings. The number of rotatable bonds is 7. The lowest BCUT2D eigenvalue weighted by Crippen LogP contribution is -2.22. The molecule has 0 aromatic heterocycles. The Kier molecular flexibility index (Phi) is 7.88. The SMILES string of the molecule is CCC=CC1CCC(C2CC=C(c3ccc(CCCC)c(F)c3F)CC2)CC1. The van der Waals surface area contributed by atoms with Gasteiger partial charge in [-0.3, -0.25) is 0 Å². The zero-order valence-electron chi connectivity index (χ0n) is 17.7. The summed E-state index contributed by atoms with van der Waals surface area (Å²) in [7, 11) is 0. The number of hydrogen-bond acceptors (Lipinski definition) is 0. The molecule has 0 N–H and O–H groups in total. The molecule has 2 aliphatic carbocycles. The summed E-state index contributed by atoms with van der Waals surface area (Å²) in [6.45, 7) is 4.27. The molecule has 154 valence electrons. The molecule has 0 nitrogen and oxygen atoms in total. The molecular formula is C26H36F2. The molecule has 2 aliphatic rings. The average molecular weight is 387 g/mol. The van der Waals surface area contributed by atoms with Crippen molar-refractivity contribution < 1.29 is 8.78 Å². The molecule has 3 rings (SSSR count). The highest BCUT2D eigenvalue weighted by molar-refractivity contribution is 5.67. The highest BCUT2D eigenvalue weighted by Crippen LogP contribution is 2.42. The number of benzene rings is 1. The van der Waals surface area contributed by atoms with Crippen LogP contribution in [0.15, 0.2) is 30.4 Å². The van der Waals surface area contributed by atoms with Crippen molar-refractivity contribution in [3.8, 4) is 0 Å². The first kappa shape index (κ1) is 21.3. The number of aryl methyl sites for hydroxylation is 1. The lowest BCUT2D eigenvalue weighted by atomic mass is 9.71. The molecule has 1 aromatic rings. The second kappa shape index (κ2) is 10.4. The lowest BCUT2D eigenvalue weighted by molar-refractivity contribution is 0.212. The van der Waals surface area contributed by atoms with Crippen LogP contribution in [0, 0.1) is 29.4 Å². The van der Waals surface area contributed by atoms with Gasteiger partial charge in [-0.05, 0) is 93.1 Å². The van der Waals surface area contributed by atoms with Gasteiger partial charge < -0.3 is 0 Å². The molecule has 0 heterocycles. The first-order chi connectivity index (χ1) is 13.6. The van der Waals surface area contributed by atoms with Crippen LogP contribution in [-0.2, 0) is 6.42 Å². The largest absolute Gasteiger partial charge is 0.203 e. The molecule has 0 aliphatic heterocycles. The van der Waals surface area contributed by atoms with Crippen LogP contribution in [0.5, 0.6) is 0 Å². The number of allylic oxidation sites excluding steroid dienone is 4. The Balaban J connectivity index is 1.60. The third kappa shape index (κ3) is 5.13. The van der Waals surface area contributed by atoms with Gasteiger partial charge in [0.1, 0.15) is 0 Å². The van der Waals surface area contributed by atoms with Gasteiger partial charge in [0.05, 0.1) is 0 Å². The van der Waals surface area contributed by atoms with Crippen molar-refractivity contribution in [3.63, 3.8) is 0 Å². The Hall–Kier alpha value is -1.44. The monoisotopic (exact) mass is 386 g/mol. The van der Waals surface area contributed by atoms with Gasteiger partial charge in [-0.2, -0.15) is 0 Å². The molecule has 1 unspecified atom stereocenters. The van der Waals surface area contributed by atoms with Crippen LogP contribution in [0.4, 0.5) is 8.78 Å². The number of unbranched alkanes of at least 4 members (excludes halogenated alkanes) is 1. The van der Waals surface area contributed by atoms with Gasteiger partial charge in [0.25, 0.3) is 0 Å². The molecule has 28 heavy (non-hydrogen) atoms. The fourth-order valence-electron chi connectivity index (χ4n) is 5.06. The molecule has 1 saturated carbocycles. The Morgan fingerprint density at radius 3 is 2.39 bits per heavy atom. The van der Waals surface area contributed by atoms with Crippen molar-refractivity contribution in [2.45, 2.75) is 84.5 Å². The second-order valence-corrected chi connectivity index (χ2v) is 8.78. The second-order valence-electron chi connectivity index (χ2n) is 8.78. The third-order valence-corrected chi connectivity index (χ3v) is 6.89. The van der Waals surface area contributed by atoms with E-state index < -0.39 is 11.6 Å². The van der Waals surface area contributed by atoms with E-state index in [0.29, 0.717) is 17.5 Å². The van der Waals surface area contributed by atoms with Crippen LogP contribution in [0.25, 0.3) is 5.57 Å². The summed E-state index contributed by atoms with van der Waals surface area (Å²) in [4.78, 5) is 0. The van der Waals surface area contributed by atoms with Crippen LogP contribution < -0.4 is 0 Å². The minimum atomic E-state index is -0.637. The molecule has 1 aromatic carbocycles. The van der Waals surface area contributed by atoms with Crippen molar-refractivity contribution in [3.05, 3.63) is 53.1 Å². The summed E-state index contributed by atoms with van der Waals surface area (Å²) >= 11 is 0. The van der Waals surface area contributed by atoms with E-state index in [2.05, 4.69) is 32.1 Å². The fourth-order valence-corrected chi connectivity index (χ4v) is 5.06. The molecule has 0 amide bonds. The minimum Gasteiger partial charge on any atom is -0.203 e. The van der Waals surface area contributed by atoms with Crippen LogP contribution in [0.1, 0.15) is 89.2 Å². The predicted molar refractivity (Wildman–Crippen MR) is 115 cm³/mol. The molecular weight excluding hydrogens is 350 g/mol. The van der Waals surface area contributed by atoms with E-state index in [1.165, 1.54) is 25.7 Å². The van der Waals surface area contributed by atoms with Gasteiger partial charge in [0.15, 0.2) is 11.6 Å². The average Bonchev–Trinajstić information content (AvgIpc) is 2.74. The predicted octanol–water partition coefficient (Wildman–Crippen LogP) is 8.26. The quantitative estimate of drug-likeness (QED) is 0.414. The fraction of sp³-hybridized carbons (Fsp3) is 0.615. The summed E-state index contributed by atoms with van der Waals surface area (Å²) in [5.41, 5.74) is 2.02. The number of halogens is 2. The van der Waals surface area contributed by atoms with Gasteiger partial charge in [0.2, 0.25) is 0 Å².